The molecule has 0 radical (unpaired) electrons. The van der Waals surface area contributed by atoms with Gasteiger partial charge in [0.1, 0.15) is 17.2 Å². The van der Waals surface area contributed by atoms with Crippen LogP contribution in [-0.2, 0) is 10.0 Å². The Morgan fingerprint density at radius 3 is 2.57 bits per heavy atom. The maximum Gasteiger partial charge on any atom is 0.262 e. The number of nitrogens with zero attached hydrogens (tertiary/aromatic N) is 1. The van der Waals surface area contributed by atoms with E-state index in [0.29, 0.717) is 5.56 Å². The van der Waals surface area contributed by atoms with Gasteiger partial charge in [-0.05, 0) is 48.9 Å². The predicted molar refractivity (Wildman–Crippen MR) is 83.6 cm³/mol. The van der Waals surface area contributed by atoms with Gasteiger partial charge in [0.15, 0.2) is 0 Å². The standard InChI is InChI=1S/C16H12F2N2O2S/c1-10-4-5-11(9-14(10)18)20-23(21,22)15-7-6-13(17)16-12(15)3-2-8-19-16/h2-9,20H,1H3. The molecule has 1 N–H and O–H groups in total. The van der Waals surface area contributed by atoms with Gasteiger partial charge in [-0.25, -0.2) is 17.2 Å². The zero-order valence-electron chi connectivity index (χ0n) is 12.0. The number of benzene rings is 2. The molecule has 23 heavy (non-hydrogen) atoms. The summed E-state index contributed by atoms with van der Waals surface area (Å²) < 4.78 is 54.7. The van der Waals surface area contributed by atoms with Crippen LogP contribution in [0.25, 0.3) is 10.9 Å². The van der Waals surface area contributed by atoms with Gasteiger partial charge >= 0.3 is 0 Å². The molecule has 0 saturated heterocycles. The molecule has 0 aliphatic rings. The highest BCUT2D eigenvalue weighted by molar-refractivity contribution is 7.93. The Morgan fingerprint density at radius 1 is 1.04 bits per heavy atom. The summed E-state index contributed by atoms with van der Waals surface area (Å²) in [7, 11) is -4.01. The fraction of sp³-hybridized carbons (Fsp3) is 0.0625. The van der Waals surface area contributed by atoms with Crippen molar-refractivity contribution in [3.8, 4) is 0 Å². The SMILES string of the molecule is Cc1ccc(NS(=O)(=O)c2ccc(F)c3ncccc23)cc1F. The van der Waals surface area contributed by atoms with Crippen molar-refractivity contribution >= 4 is 26.6 Å². The fourth-order valence-electron chi connectivity index (χ4n) is 2.21. The summed E-state index contributed by atoms with van der Waals surface area (Å²) in [6, 6.07) is 9.21. The predicted octanol–water partition coefficient (Wildman–Crippen LogP) is 3.62. The number of pyridine rings is 1. The summed E-state index contributed by atoms with van der Waals surface area (Å²) in [5.41, 5.74) is 0.462. The second-order valence-electron chi connectivity index (χ2n) is 5.01. The van der Waals surface area contributed by atoms with E-state index in [2.05, 4.69) is 9.71 Å². The fourth-order valence-corrected chi connectivity index (χ4v) is 3.46. The molecule has 118 valence electrons. The maximum absolute atomic E-state index is 13.8. The number of aromatic nitrogens is 1. The molecule has 7 heteroatoms. The average Bonchev–Trinajstić information content (AvgIpc) is 2.51. The third-order valence-corrected chi connectivity index (χ3v) is 4.83. The van der Waals surface area contributed by atoms with E-state index in [0.717, 1.165) is 18.2 Å². The van der Waals surface area contributed by atoms with Gasteiger partial charge in [-0.3, -0.25) is 9.71 Å². The van der Waals surface area contributed by atoms with Crippen molar-refractivity contribution in [2.45, 2.75) is 11.8 Å². The molecule has 0 fully saturated rings. The lowest BCUT2D eigenvalue weighted by Gasteiger charge is -2.11. The molecular formula is C16H12F2N2O2S. The topological polar surface area (TPSA) is 59.1 Å². The Kier molecular flexibility index (Phi) is 3.73. The first kappa shape index (κ1) is 15.4. The first-order valence-electron chi connectivity index (χ1n) is 6.71. The monoisotopic (exact) mass is 334 g/mol. The second-order valence-corrected chi connectivity index (χ2v) is 6.67. The largest absolute Gasteiger partial charge is 0.280 e. The van der Waals surface area contributed by atoms with Gasteiger partial charge in [0.05, 0.1) is 10.6 Å². The maximum atomic E-state index is 13.8. The number of hydrogen-bond donors (Lipinski definition) is 1. The quantitative estimate of drug-likeness (QED) is 0.796. The molecule has 0 aliphatic carbocycles. The van der Waals surface area contributed by atoms with Crippen LogP contribution in [0.15, 0.2) is 53.6 Å². The van der Waals surface area contributed by atoms with Crippen molar-refractivity contribution in [1.82, 2.24) is 4.98 Å². The Bertz CT molecular complexity index is 1000. The third-order valence-electron chi connectivity index (χ3n) is 3.39. The number of nitrogens with one attached hydrogen (secondary N) is 1. The van der Waals surface area contributed by atoms with Crippen LogP contribution in [0.5, 0.6) is 0 Å². The van der Waals surface area contributed by atoms with Crippen LogP contribution in [0, 0.1) is 18.6 Å². The van der Waals surface area contributed by atoms with Gasteiger partial charge in [0.25, 0.3) is 10.0 Å². The molecule has 0 bridgehead atoms. The summed E-state index contributed by atoms with van der Waals surface area (Å²) >= 11 is 0. The molecule has 0 amide bonds. The molecule has 0 spiro atoms. The number of rotatable bonds is 3. The Balaban J connectivity index is 2.10. The van der Waals surface area contributed by atoms with Crippen LogP contribution in [0.3, 0.4) is 0 Å². The minimum atomic E-state index is -4.01. The first-order chi connectivity index (χ1) is 10.9. The molecule has 1 heterocycles. The number of aryl methyl sites for hydroxylation is 1. The smallest absolute Gasteiger partial charge is 0.262 e. The van der Waals surface area contributed by atoms with Crippen molar-refractivity contribution in [2.24, 2.45) is 0 Å². The van der Waals surface area contributed by atoms with Crippen molar-refractivity contribution < 1.29 is 17.2 Å². The highest BCUT2D eigenvalue weighted by atomic mass is 32.2. The number of hydrogen-bond acceptors (Lipinski definition) is 3. The minimum Gasteiger partial charge on any atom is -0.280 e. The van der Waals surface area contributed by atoms with E-state index >= 15 is 0 Å². The highest BCUT2D eigenvalue weighted by Crippen LogP contribution is 2.26. The van der Waals surface area contributed by atoms with Crippen LogP contribution in [0.2, 0.25) is 0 Å². The Morgan fingerprint density at radius 2 is 1.83 bits per heavy atom. The zero-order valence-corrected chi connectivity index (χ0v) is 12.9. The van der Waals surface area contributed by atoms with Crippen LogP contribution in [0.1, 0.15) is 5.56 Å². The van der Waals surface area contributed by atoms with Gasteiger partial charge in [0, 0.05) is 11.6 Å². The molecule has 3 rings (SSSR count). The van der Waals surface area contributed by atoms with E-state index < -0.39 is 21.7 Å². The van der Waals surface area contributed by atoms with Gasteiger partial charge in [-0.1, -0.05) is 6.07 Å². The van der Waals surface area contributed by atoms with Crippen LogP contribution >= 0.6 is 0 Å². The normalized spacial score (nSPS) is 11.6. The third kappa shape index (κ3) is 2.87. The molecular weight excluding hydrogens is 322 g/mol. The van der Waals surface area contributed by atoms with E-state index in [-0.39, 0.29) is 21.5 Å². The van der Waals surface area contributed by atoms with Crippen LogP contribution in [-0.4, -0.2) is 13.4 Å². The number of fused-ring (bicyclic) bond motifs is 1. The van der Waals surface area contributed by atoms with Gasteiger partial charge in [-0.15, -0.1) is 0 Å². The summed E-state index contributed by atoms with van der Waals surface area (Å²) in [6.45, 7) is 1.58. The van der Waals surface area contributed by atoms with Crippen LogP contribution in [0.4, 0.5) is 14.5 Å². The van der Waals surface area contributed by atoms with Crippen molar-refractivity contribution in [1.29, 1.82) is 0 Å². The van der Waals surface area contributed by atoms with Crippen molar-refractivity contribution in [3.63, 3.8) is 0 Å². The molecule has 3 aromatic rings. The summed E-state index contributed by atoms with van der Waals surface area (Å²) in [4.78, 5) is 3.74. The molecule has 0 unspecified atom stereocenters. The second kappa shape index (κ2) is 5.58. The van der Waals surface area contributed by atoms with E-state index in [1.54, 1.807) is 6.92 Å². The number of anilines is 1. The van der Waals surface area contributed by atoms with Crippen molar-refractivity contribution in [2.75, 3.05) is 4.72 Å². The summed E-state index contributed by atoms with van der Waals surface area (Å²) in [5, 5.41) is 0.160. The number of sulfonamides is 1. The van der Waals surface area contributed by atoms with Crippen LogP contribution < -0.4 is 4.72 Å². The highest BCUT2D eigenvalue weighted by Gasteiger charge is 2.19. The van der Waals surface area contributed by atoms with Gasteiger partial charge < -0.3 is 0 Å². The average molecular weight is 334 g/mol. The van der Waals surface area contributed by atoms with E-state index in [4.69, 9.17) is 0 Å². The summed E-state index contributed by atoms with van der Waals surface area (Å²) in [6.07, 6.45) is 1.38. The molecule has 2 aromatic carbocycles. The van der Waals surface area contributed by atoms with E-state index in [9.17, 15) is 17.2 Å². The molecule has 4 nitrogen and oxygen atoms in total. The summed E-state index contributed by atoms with van der Waals surface area (Å²) in [5.74, 6) is -1.13. The van der Waals surface area contributed by atoms with Crippen molar-refractivity contribution in [3.05, 3.63) is 65.9 Å². The lowest BCUT2D eigenvalue weighted by atomic mass is 10.2. The van der Waals surface area contributed by atoms with Gasteiger partial charge in [-0.2, -0.15) is 0 Å². The first-order valence-corrected chi connectivity index (χ1v) is 8.19. The minimum absolute atomic E-state index is 0.0366. The van der Waals surface area contributed by atoms with E-state index in [1.165, 1.54) is 30.5 Å². The Labute approximate surface area is 131 Å². The molecule has 1 aromatic heterocycles. The van der Waals surface area contributed by atoms with Gasteiger partial charge in [0.2, 0.25) is 0 Å². The lowest BCUT2D eigenvalue weighted by Crippen LogP contribution is -2.14. The van der Waals surface area contributed by atoms with E-state index in [1.807, 2.05) is 0 Å². The Hall–Kier alpha value is -2.54. The number of halogens is 2. The molecule has 0 saturated carbocycles. The lowest BCUT2D eigenvalue weighted by molar-refractivity contribution is 0.601. The molecule has 0 atom stereocenters. The zero-order chi connectivity index (χ0) is 16.6. The molecule has 0 aliphatic heterocycles.